The number of amides is 2. The Balaban J connectivity index is 2.00. The summed E-state index contributed by atoms with van der Waals surface area (Å²) in [6, 6.07) is 8.53. The molecule has 26 heavy (non-hydrogen) atoms. The van der Waals surface area contributed by atoms with Crippen LogP contribution in [0.25, 0.3) is 0 Å². The molecule has 0 unspecified atom stereocenters. The number of ether oxygens (including phenoxy) is 1. The molecule has 0 atom stereocenters. The molecule has 2 aromatic rings. The van der Waals surface area contributed by atoms with Crippen LogP contribution in [0.15, 0.2) is 46.0 Å². The van der Waals surface area contributed by atoms with Crippen molar-refractivity contribution in [2.75, 3.05) is 11.9 Å². The molecule has 0 radical (unpaired) electrons. The molecule has 0 saturated heterocycles. The van der Waals surface area contributed by atoms with Crippen LogP contribution in [0.1, 0.15) is 12.5 Å². The van der Waals surface area contributed by atoms with Crippen LogP contribution in [-0.4, -0.2) is 29.7 Å². The first-order chi connectivity index (χ1) is 12.4. The van der Waals surface area contributed by atoms with Crippen molar-refractivity contribution < 1.29 is 23.8 Å². The van der Waals surface area contributed by atoms with E-state index in [1.807, 2.05) is 5.43 Å². The van der Waals surface area contributed by atoms with Crippen molar-refractivity contribution in [3.05, 3.63) is 52.3 Å². The highest BCUT2D eigenvalue weighted by atomic mass is 79.9. The van der Waals surface area contributed by atoms with Crippen LogP contribution < -0.4 is 15.5 Å². The number of phenols is 1. The predicted octanol–water partition coefficient (Wildman–Crippen LogP) is 2.78. The zero-order valence-electron chi connectivity index (χ0n) is 13.6. The fourth-order valence-corrected chi connectivity index (χ4v) is 2.35. The van der Waals surface area contributed by atoms with Gasteiger partial charge in [0.25, 0.3) is 0 Å². The summed E-state index contributed by atoms with van der Waals surface area (Å²) in [4.78, 5) is 23.4. The van der Waals surface area contributed by atoms with E-state index >= 15 is 0 Å². The van der Waals surface area contributed by atoms with Crippen molar-refractivity contribution in [2.45, 2.75) is 6.92 Å². The number of rotatable bonds is 5. The Labute approximate surface area is 157 Å². The van der Waals surface area contributed by atoms with Gasteiger partial charge < -0.3 is 15.2 Å². The van der Waals surface area contributed by atoms with Crippen molar-refractivity contribution in [1.82, 2.24) is 5.43 Å². The van der Waals surface area contributed by atoms with E-state index in [0.29, 0.717) is 16.6 Å². The molecular weight excluding hydrogens is 409 g/mol. The molecule has 7 nitrogen and oxygen atoms in total. The Kier molecular flexibility index (Phi) is 6.67. The molecular formula is C17H15BrFN3O4. The van der Waals surface area contributed by atoms with Gasteiger partial charge in [0.1, 0.15) is 5.82 Å². The lowest BCUT2D eigenvalue weighted by molar-refractivity contribution is -0.136. The monoisotopic (exact) mass is 423 g/mol. The zero-order valence-corrected chi connectivity index (χ0v) is 15.2. The third-order valence-corrected chi connectivity index (χ3v) is 3.66. The van der Waals surface area contributed by atoms with Crippen LogP contribution in [0.2, 0.25) is 0 Å². The summed E-state index contributed by atoms with van der Waals surface area (Å²) >= 11 is 3.18. The van der Waals surface area contributed by atoms with Gasteiger partial charge >= 0.3 is 11.8 Å². The molecule has 0 saturated carbocycles. The molecule has 2 amide bonds. The van der Waals surface area contributed by atoms with Crippen LogP contribution in [0.3, 0.4) is 0 Å². The van der Waals surface area contributed by atoms with Crippen LogP contribution in [-0.2, 0) is 9.59 Å². The topological polar surface area (TPSA) is 100 Å². The number of halogens is 2. The number of nitrogens with one attached hydrogen (secondary N) is 2. The third-order valence-electron chi connectivity index (χ3n) is 3.06. The normalized spacial score (nSPS) is 10.6. The molecule has 3 N–H and O–H groups in total. The van der Waals surface area contributed by atoms with E-state index in [4.69, 9.17) is 4.74 Å². The molecule has 0 heterocycles. The SMILES string of the molecule is CCOc1cc(C=NNC(=O)C(=O)Nc2ccccc2F)cc(Br)c1O. The molecule has 0 aliphatic heterocycles. The third kappa shape index (κ3) is 5.03. The van der Waals surface area contributed by atoms with Crippen LogP contribution in [0.4, 0.5) is 10.1 Å². The number of hydrogen-bond donors (Lipinski definition) is 3. The van der Waals surface area contributed by atoms with Gasteiger partial charge in [0.15, 0.2) is 11.5 Å². The summed E-state index contributed by atoms with van der Waals surface area (Å²) in [5, 5.41) is 15.6. The largest absolute Gasteiger partial charge is 0.503 e. The summed E-state index contributed by atoms with van der Waals surface area (Å²) in [5.41, 5.74) is 2.43. The molecule has 2 aromatic carbocycles. The first kappa shape index (κ1) is 19.4. The zero-order chi connectivity index (χ0) is 19.1. The van der Waals surface area contributed by atoms with Crippen LogP contribution >= 0.6 is 15.9 Å². The fourth-order valence-electron chi connectivity index (χ4n) is 1.89. The van der Waals surface area contributed by atoms with Gasteiger partial charge in [-0.05, 0) is 52.7 Å². The van der Waals surface area contributed by atoms with E-state index < -0.39 is 17.6 Å². The standard InChI is InChI=1S/C17H15BrFN3O4/c1-2-26-14-8-10(7-11(18)15(14)23)9-20-22-17(25)16(24)21-13-6-4-3-5-12(13)19/h3-9,23H,2H2,1H3,(H,21,24)(H,22,25). The first-order valence-corrected chi connectivity index (χ1v) is 8.26. The van der Waals surface area contributed by atoms with Crippen LogP contribution in [0, 0.1) is 5.82 Å². The Morgan fingerprint density at radius 3 is 2.73 bits per heavy atom. The molecule has 0 aromatic heterocycles. The highest BCUT2D eigenvalue weighted by molar-refractivity contribution is 9.10. The minimum Gasteiger partial charge on any atom is -0.503 e. The number of phenolic OH excluding ortho intramolecular Hbond substituents is 1. The molecule has 0 spiro atoms. The Morgan fingerprint density at radius 2 is 2.04 bits per heavy atom. The van der Waals surface area contributed by atoms with Crippen molar-refractivity contribution in [1.29, 1.82) is 0 Å². The maximum Gasteiger partial charge on any atom is 0.329 e. The van der Waals surface area contributed by atoms with Crippen molar-refractivity contribution in [3.8, 4) is 11.5 Å². The summed E-state index contributed by atoms with van der Waals surface area (Å²) in [6.45, 7) is 2.12. The Morgan fingerprint density at radius 1 is 1.31 bits per heavy atom. The molecule has 0 bridgehead atoms. The Bertz CT molecular complexity index is 858. The van der Waals surface area contributed by atoms with E-state index in [2.05, 4.69) is 26.3 Å². The summed E-state index contributed by atoms with van der Waals surface area (Å²) < 4.78 is 19.1. The fraction of sp³-hybridized carbons (Fsp3) is 0.118. The van der Waals surface area contributed by atoms with E-state index in [9.17, 15) is 19.1 Å². The molecule has 0 aliphatic rings. The number of hydrogen-bond acceptors (Lipinski definition) is 5. The van der Waals surface area contributed by atoms with Gasteiger partial charge in [-0.25, -0.2) is 9.82 Å². The average molecular weight is 424 g/mol. The second-order valence-corrected chi connectivity index (χ2v) is 5.77. The summed E-state index contributed by atoms with van der Waals surface area (Å²) in [7, 11) is 0. The smallest absolute Gasteiger partial charge is 0.329 e. The molecule has 2 rings (SSSR count). The number of carbonyl (C=O) groups excluding carboxylic acids is 2. The minimum absolute atomic E-state index is 0.0581. The van der Waals surface area contributed by atoms with Gasteiger partial charge in [-0.3, -0.25) is 9.59 Å². The first-order valence-electron chi connectivity index (χ1n) is 7.46. The van der Waals surface area contributed by atoms with Gasteiger partial charge in [-0.15, -0.1) is 0 Å². The number of hydrazone groups is 1. The van der Waals surface area contributed by atoms with Crippen molar-refractivity contribution >= 4 is 39.6 Å². The average Bonchev–Trinajstić information content (AvgIpc) is 2.61. The highest BCUT2D eigenvalue weighted by Gasteiger charge is 2.14. The predicted molar refractivity (Wildman–Crippen MR) is 97.7 cm³/mol. The molecule has 136 valence electrons. The molecule has 0 aliphatic carbocycles. The van der Waals surface area contributed by atoms with E-state index in [0.717, 1.165) is 6.07 Å². The van der Waals surface area contributed by atoms with Crippen LogP contribution in [0.5, 0.6) is 11.5 Å². The maximum absolute atomic E-state index is 13.4. The summed E-state index contributed by atoms with van der Waals surface area (Å²) in [5.74, 6) is -2.60. The maximum atomic E-state index is 13.4. The highest BCUT2D eigenvalue weighted by Crippen LogP contribution is 2.35. The summed E-state index contributed by atoms with van der Waals surface area (Å²) in [6.07, 6.45) is 1.26. The lowest BCUT2D eigenvalue weighted by Gasteiger charge is -2.08. The van der Waals surface area contributed by atoms with Crippen molar-refractivity contribution in [3.63, 3.8) is 0 Å². The molecule has 0 fully saturated rings. The quantitative estimate of drug-likeness (QED) is 0.391. The van der Waals surface area contributed by atoms with Gasteiger partial charge in [-0.2, -0.15) is 5.10 Å². The second kappa shape index (κ2) is 8.95. The lowest BCUT2D eigenvalue weighted by atomic mass is 10.2. The van der Waals surface area contributed by atoms with Gasteiger partial charge in [0.05, 0.1) is 23.0 Å². The minimum atomic E-state index is -1.06. The van der Waals surface area contributed by atoms with E-state index in [1.165, 1.54) is 30.5 Å². The van der Waals surface area contributed by atoms with Gasteiger partial charge in [0, 0.05) is 0 Å². The molecule has 9 heteroatoms. The van der Waals surface area contributed by atoms with Crippen molar-refractivity contribution in [2.24, 2.45) is 5.10 Å². The van der Waals surface area contributed by atoms with Gasteiger partial charge in [-0.1, -0.05) is 12.1 Å². The number of para-hydroxylation sites is 1. The number of nitrogens with zero attached hydrogens (tertiary/aromatic N) is 1. The number of anilines is 1. The number of aromatic hydroxyl groups is 1. The van der Waals surface area contributed by atoms with Gasteiger partial charge in [0.2, 0.25) is 0 Å². The lowest BCUT2D eigenvalue weighted by Crippen LogP contribution is -2.32. The number of carbonyl (C=O) groups is 2. The Hall–Kier alpha value is -2.94. The van der Waals surface area contributed by atoms with E-state index in [1.54, 1.807) is 13.0 Å². The number of benzene rings is 2. The van der Waals surface area contributed by atoms with E-state index in [-0.39, 0.29) is 17.2 Å². The second-order valence-electron chi connectivity index (χ2n) is 4.92.